The number of primary amides is 1. The van der Waals surface area contributed by atoms with Gasteiger partial charge in [-0.05, 0) is 56.5 Å². The number of amides is 2. The van der Waals surface area contributed by atoms with Gasteiger partial charge >= 0.3 is 6.09 Å². The number of hydrogen-bond donors (Lipinski definition) is 4. The summed E-state index contributed by atoms with van der Waals surface area (Å²) in [5.74, 6) is -0.591. The number of thiophene rings is 1. The Kier molecular flexibility index (Phi) is 6.84. The van der Waals surface area contributed by atoms with E-state index in [9.17, 15) is 19.1 Å². The molecule has 0 aliphatic carbocycles. The summed E-state index contributed by atoms with van der Waals surface area (Å²) in [6.45, 7) is 5.84. The third-order valence-corrected chi connectivity index (χ3v) is 8.12. The van der Waals surface area contributed by atoms with Gasteiger partial charge in [0.15, 0.2) is 0 Å². The maximum absolute atomic E-state index is 14.9. The molecule has 2 amide bonds. The fourth-order valence-corrected chi connectivity index (χ4v) is 5.88. The molecule has 0 unspecified atom stereocenters. The van der Waals surface area contributed by atoms with E-state index >= 15 is 0 Å². The lowest BCUT2D eigenvalue weighted by atomic mass is 9.89. The number of rotatable bonds is 7. The maximum atomic E-state index is 14.9. The van der Waals surface area contributed by atoms with Gasteiger partial charge in [-0.3, -0.25) is 9.69 Å². The Hall–Kier alpha value is -3.54. The molecule has 3 aromatic rings. The zero-order chi connectivity index (χ0) is 27.1. The molecule has 9 nitrogen and oxygen atoms in total. The normalized spacial score (nSPS) is 17.3. The highest BCUT2D eigenvalue weighted by Crippen LogP contribution is 2.39. The Balaban J connectivity index is 1.31. The fraction of sp³-hybridized carbons (Fsp3) is 0.370. The number of aliphatic hydroxyl groups is 1. The van der Waals surface area contributed by atoms with Gasteiger partial charge in [0.1, 0.15) is 23.2 Å². The molecular formula is C27H30FN5O4S. The first kappa shape index (κ1) is 26.1. The number of carbonyl (C=O) groups is 2. The number of aromatic nitrogens is 1. The molecule has 2 fully saturated rings. The average Bonchev–Trinajstić information content (AvgIpc) is 3.44. The molecule has 1 spiro atoms. The van der Waals surface area contributed by atoms with Crippen LogP contribution >= 0.6 is 11.3 Å². The van der Waals surface area contributed by atoms with Gasteiger partial charge in [0.2, 0.25) is 0 Å². The Morgan fingerprint density at radius 3 is 2.68 bits per heavy atom. The third-order valence-electron chi connectivity index (χ3n) is 7.03. The summed E-state index contributed by atoms with van der Waals surface area (Å²) in [6.07, 6.45) is 1.27. The van der Waals surface area contributed by atoms with Crippen LogP contribution in [0.25, 0.3) is 10.4 Å². The molecule has 2 saturated heterocycles. The number of cyclic esters (lactones) is 1. The molecule has 0 bridgehead atoms. The summed E-state index contributed by atoms with van der Waals surface area (Å²) in [7, 11) is 0. The minimum atomic E-state index is -1.17. The van der Waals surface area contributed by atoms with E-state index in [2.05, 4.69) is 15.5 Å². The van der Waals surface area contributed by atoms with E-state index < -0.39 is 17.3 Å². The van der Waals surface area contributed by atoms with Crippen molar-refractivity contribution >= 4 is 34.2 Å². The van der Waals surface area contributed by atoms with Crippen LogP contribution in [0.3, 0.4) is 0 Å². The van der Waals surface area contributed by atoms with Gasteiger partial charge in [0, 0.05) is 30.1 Å². The van der Waals surface area contributed by atoms with Gasteiger partial charge in [-0.25, -0.2) is 14.2 Å². The number of piperidine rings is 1. The Labute approximate surface area is 223 Å². The molecule has 0 atom stereocenters. The number of hydrogen-bond acceptors (Lipinski definition) is 8. The van der Waals surface area contributed by atoms with Gasteiger partial charge in [-0.15, -0.1) is 11.3 Å². The number of alkyl carbamates (subject to hydrolysis) is 1. The molecule has 1 aromatic carbocycles. The number of ether oxygens (including phenoxy) is 1. The predicted octanol–water partition coefficient (Wildman–Crippen LogP) is 4.09. The van der Waals surface area contributed by atoms with Gasteiger partial charge < -0.3 is 26.2 Å². The van der Waals surface area contributed by atoms with Crippen molar-refractivity contribution in [3.8, 4) is 10.4 Å². The number of nitrogens with one attached hydrogen (secondary N) is 2. The molecule has 11 heteroatoms. The topological polar surface area (TPSA) is 130 Å². The highest BCUT2D eigenvalue weighted by atomic mass is 32.1. The minimum Gasteiger partial charge on any atom is -0.447 e. The smallest absolute Gasteiger partial charge is 0.407 e. The number of halogens is 1. The molecular weight excluding hydrogens is 509 g/mol. The van der Waals surface area contributed by atoms with Gasteiger partial charge in [0.25, 0.3) is 5.91 Å². The number of pyridine rings is 1. The van der Waals surface area contributed by atoms with E-state index in [1.54, 1.807) is 38.1 Å². The van der Waals surface area contributed by atoms with Crippen LogP contribution in [0, 0.1) is 5.82 Å². The van der Waals surface area contributed by atoms with Crippen molar-refractivity contribution in [1.82, 2.24) is 15.2 Å². The van der Waals surface area contributed by atoms with Gasteiger partial charge in [-0.1, -0.05) is 18.2 Å². The van der Waals surface area contributed by atoms with Crippen LogP contribution in [0.2, 0.25) is 0 Å². The van der Waals surface area contributed by atoms with Crippen LogP contribution in [-0.2, 0) is 16.9 Å². The molecule has 2 aliphatic rings. The summed E-state index contributed by atoms with van der Waals surface area (Å²) in [6, 6.07) is 11.7. The van der Waals surface area contributed by atoms with E-state index in [1.807, 2.05) is 12.1 Å². The van der Waals surface area contributed by atoms with Crippen molar-refractivity contribution < 1.29 is 23.8 Å². The molecule has 5 rings (SSSR count). The van der Waals surface area contributed by atoms with Crippen molar-refractivity contribution in [2.24, 2.45) is 5.73 Å². The van der Waals surface area contributed by atoms with Gasteiger partial charge in [-0.2, -0.15) is 0 Å². The summed E-state index contributed by atoms with van der Waals surface area (Å²) in [5, 5.41) is 16.8. The Morgan fingerprint density at radius 2 is 2.05 bits per heavy atom. The lowest BCUT2D eigenvalue weighted by Gasteiger charge is -2.37. The second-order valence-corrected chi connectivity index (χ2v) is 11.4. The monoisotopic (exact) mass is 539 g/mol. The number of likely N-dealkylation sites (tertiary alicyclic amines) is 1. The number of carbonyl (C=O) groups excluding carboxylic acids is 2. The number of anilines is 2. The van der Waals surface area contributed by atoms with Crippen molar-refractivity contribution in [3.05, 3.63) is 65.1 Å². The van der Waals surface area contributed by atoms with Gasteiger partial charge in [0.05, 0.1) is 22.4 Å². The predicted molar refractivity (Wildman–Crippen MR) is 143 cm³/mol. The van der Waals surface area contributed by atoms with E-state index in [0.717, 1.165) is 31.6 Å². The molecule has 4 heterocycles. The van der Waals surface area contributed by atoms with Crippen molar-refractivity contribution in [1.29, 1.82) is 0 Å². The van der Waals surface area contributed by atoms with Crippen molar-refractivity contribution in [2.75, 3.05) is 25.0 Å². The van der Waals surface area contributed by atoms with E-state index in [4.69, 9.17) is 15.5 Å². The lowest BCUT2D eigenvalue weighted by molar-refractivity contribution is 0.0782. The van der Waals surface area contributed by atoms with Crippen LogP contribution in [0.1, 0.15) is 48.3 Å². The Morgan fingerprint density at radius 1 is 1.29 bits per heavy atom. The van der Waals surface area contributed by atoms with E-state index in [-0.39, 0.29) is 17.2 Å². The van der Waals surface area contributed by atoms with Crippen LogP contribution in [0.15, 0.2) is 42.5 Å². The highest BCUT2D eigenvalue weighted by molar-refractivity contribution is 7.20. The van der Waals surface area contributed by atoms with E-state index in [1.165, 1.54) is 17.4 Å². The first-order chi connectivity index (χ1) is 18.0. The Bertz CT molecular complexity index is 1380. The fourth-order valence-electron chi connectivity index (χ4n) is 4.78. The zero-order valence-corrected chi connectivity index (χ0v) is 22.0. The average molecular weight is 540 g/mol. The minimum absolute atomic E-state index is 0.241. The molecule has 200 valence electrons. The standard InChI is InChI=1S/C27H30FN5O4S/c1-26(2,36)16-6-7-18(20(28)12-16)21-13-19(23(29)34)24(38-21)31-22-5-3-4-17(30-22)14-33-10-8-27(9-11-33)15-37-25(35)32-27/h3-7,12-13,36H,8-11,14-15H2,1-2H3,(H2,29,34)(H,30,31)(H,32,35). The second kappa shape index (κ2) is 9.97. The van der Waals surface area contributed by atoms with Crippen LogP contribution in [0.4, 0.5) is 20.0 Å². The molecule has 38 heavy (non-hydrogen) atoms. The largest absolute Gasteiger partial charge is 0.447 e. The molecule has 5 N–H and O–H groups in total. The molecule has 2 aromatic heterocycles. The molecule has 0 radical (unpaired) electrons. The summed E-state index contributed by atoms with van der Waals surface area (Å²) in [5.41, 5.74) is 6.05. The van der Waals surface area contributed by atoms with Crippen molar-refractivity contribution in [3.63, 3.8) is 0 Å². The summed E-state index contributed by atoms with van der Waals surface area (Å²) >= 11 is 1.20. The number of nitrogens with zero attached hydrogens (tertiary/aromatic N) is 2. The maximum Gasteiger partial charge on any atom is 0.407 e. The second-order valence-electron chi connectivity index (χ2n) is 10.4. The third kappa shape index (κ3) is 5.50. The lowest BCUT2D eigenvalue weighted by Crippen LogP contribution is -2.52. The summed E-state index contributed by atoms with van der Waals surface area (Å²) < 4.78 is 20.0. The van der Waals surface area contributed by atoms with Crippen LogP contribution in [0.5, 0.6) is 0 Å². The first-order valence-corrected chi connectivity index (χ1v) is 13.2. The van der Waals surface area contributed by atoms with Crippen molar-refractivity contribution in [2.45, 2.75) is 44.4 Å². The molecule has 2 aliphatic heterocycles. The quantitative estimate of drug-likeness (QED) is 0.356. The molecule has 0 saturated carbocycles. The number of benzene rings is 1. The summed E-state index contributed by atoms with van der Waals surface area (Å²) in [4.78, 5) is 31.2. The first-order valence-electron chi connectivity index (χ1n) is 12.4. The zero-order valence-electron chi connectivity index (χ0n) is 21.2. The highest BCUT2D eigenvalue weighted by Gasteiger charge is 2.41. The van der Waals surface area contributed by atoms with Crippen LogP contribution in [-0.4, -0.2) is 52.2 Å². The SMILES string of the molecule is CC(C)(O)c1ccc(-c2cc(C(N)=O)c(Nc3cccc(CN4CCC5(CC4)COC(=O)N5)n3)s2)c(F)c1. The van der Waals surface area contributed by atoms with E-state index in [0.29, 0.717) is 40.0 Å². The van der Waals surface area contributed by atoms with Crippen LogP contribution < -0.4 is 16.4 Å². The number of nitrogens with two attached hydrogens (primary N) is 1.